The first-order valence-corrected chi connectivity index (χ1v) is 5.61. The molecular formula is C12H17F2N3. The van der Waals surface area contributed by atoms with E-state index in [1.54, 1.807) is 12.3 Å². The summed E-state index contributed by atoms with van der Waals surface area (Å²) in [5.74, 6) is -1.85. The van der Waals surface area contributed by atoms with Crippen molar-refractivity contribution < 1.29 is 8.78 Å². The fraction of sp³-hybridized carbons (Fsp3) is 0.583. The van der Waals surface area contributed by atoms with Gasteiger partial charge in [-0.05, 0) is 6.07 Å². The predicted molar refractivity (Wildman–Crippen MR) is 63.5 cm³/mol. The molecule has 0 aromatic carbocycles. The zero-order chi connectivity index (χ0) is 12.7. The lowest BCUT2D eigenvalue weighted by Crippen LogP contribution is -2.54. The van der Waals surface area contributed by atoms with Gasteiger partial charge in [-0.25, -0.2) is 13.8 Å². The molecular weight excluding hydrogens is 224 g/mol. The number of pyridine rings is 1. The highest BCUT2D eigenvalue weighted by molar-refractivity contribution is 5.51. The molecule has 5 heteroatoms. The van der Waals surface area contributed by atoms with Gasteiger partial charge in [-0.15, -0.1) is 0 Å². The van der Waals surface area contributed by atoms with Gasteiger partial charge >= 0.3 is 0 Å². The molecule has 0 radical (unpaired) electrons. The molecule has 0 unspecified atom stereocenters. The van der Waals surface area contributed by atoms with E-state index in [2.05, 4.69) is 4.98 Å². The van der Waals surface area contributed by atoms with E-state index in [-0.39, 0.29) is 19.4 Å². The van der Waals surface area contributed by atoms with E-state index in [0.29, 0.717) is 0 Å². The van der Waals surface area contributed by atoms with Crippen LogP contribution in [0.4, 0.5) is 14.6 Å². The number of rotatable bonds is 3. The zero-order valence-electron chi connectivity index (χ0n) is 10.1. The molecule has 0 amide bonds. The lowest BCUT2D eigenvalue weighted by molar-refractivity contribution is -0.123. The summed E-state index contributed by atoms with van der Waals surface area (Å²) in [5, 5.41) is 0. The molecule has 17 heavy (non-hydrogen) atoms. The second-order valence-electron chi connectivity index (χ2n) is 4.96. The van der Waals surface area contributed by atoms with Crippen molar-refractivity contribution in [1.82, 2.24) is 4.98 Å². The predicted octanol–water partition coefficient (Wildman–Crippen LogP) is 1.77. The van der Waals surface area contributed by atoms with Gasteiger partial charge in [0.2, 0.25) is 5.92 Å². The summed E-state index contributed by atoms with van der Waals surface area (Å²) in [7, 11) is 3.71. The molecule has 0 saturated heterocycles. The highest BCUT2D eigenvalue weighted by Gasteiger charge is 2.57. The number of nitrogens with two attached hydrogens (primary N) is 1. The Kier molecular flexibility index (Phi) is 2.81. The standard InChI is InChI=1S/C12H17F2N3/c1-17(2)10-9(4-3-5-16-10)11(8-15)6-12(13,14)7-11/h3-5H,6-8,15H2,1-2H3. The van der Waals surface area contributed by atoms with Crippen molar-refractivity contribution in [2.45, 2.75) is 24.2 Å². The first-order valence-electron chi connectivity index (χ1n) is 5.61. The highest BCUT2D eigenvalue weighted by Crippen LogP contribution is 2.54. The summed E-state index contributed by atoms with van der Waals surface area (Å²) >= 11 is 0. The molecule has 1 aromatic heterocycles. The average molecular weight is 241 g/mol. The van der Waals surface area contributed by atoms with E-state index < -0.39 is 11.3 Å². The van der Waals surface area contributed by atoms with Crippen LogP contribution in [0.2, 0.25) is 0 Å². The third-order valence-electron chi connectivity index (χ3n) is 3.37. The fourth-order valence-electron chi connectivity index (χ4n) is 2.55. The number of alkyl halides is 2. The van der Waals surface area contributed by atoms with Crippen molar-refractivity contribution in [2.75, 3.05) is 25.5 Å². The van der Waals surface area contributed by atoms with E-state index in [1.807, 2.05) is 25.1 Å². The maximum absolute atomic E-state index is 13.1. The quantitative estimate of drug-likeness (QED) is 0.877. The van der Waals surface area contributed by atoms with E-state index in [9.17, 15) is 8.78 Å². The van der Waals surface area contributed by atoms with Crippen LogP contribution in [-0.2, 0) is 5.41 Å². The Bertz CT molecular complexity index is 410. The summed E-state index contributed by atoms with van der Waals surface area (Å²) in [6.07, 6.45) is 1.31. The molecule has 1 fully saturated rings. The normalized spacial score (nSPS) is 20.8. The summed E-state index contributed by atoms with van der Waals surface area (Å²) in [4.78, 5) is 6.08. The van der Waals surface area contributed by atoms with E-state index in [4.69, 9.17) is 5.73 Å². The summed E-state index contributed by atoms with van der Waals surface area (Å²) in [6, 6.07) is 3.63. The van der Waals surface area contributed by atoms with Gasteiger partial charge in [0.1, 0.15) is 5.82 Å². The second-order valence-corrected chi connectivity index (χ2v) is 4.96. The van der Waals surface area contributed by atoms with Crippen LogP contribution < -0.4 is 10.6 Å². The minimum atomic E-state index is -2.58. The van der Waals surface area contributed by atoms with Gasteiger partial charge in [0.05, 0.1) is 0 Å². The Morgan fingerprint density at radius 1 is 1.41 bits per heavy atom. The summed E-state index contributed by atoms with van der Waals surface area (Å²) in [6.45, 7) is 0.231. The van der Waals surface area contributed by atoms with Gasteiger partial charge in [-0.3, -0.25) is 0 Å². The van der Waals surface area contributed by atoms with Crippen LogP contribution in [0.5, 0.6) is 0 Å². The second kappa shape index (κ2) is 3.91. The smallest absolute Gasteiger partial charge is 0.250 e. The molecule has 0 aliphatic heterocycles. The van der Waals surface area contributed by atoms with Crippen molar-refractivity contribution in [3.05, 3.63) is 23.9 Å². The molecule has 3 nitrogen and oxygen atoms in total. The van der Waals surface area contributed by atoms with E-state index in [1.165, 1.54) is 0 Å². The Hall–Kier alpha value is -1.23. The molecule has 1 heterocycles. The molecule has 1 saturated carbocycles. The minimum absolute atomic E-state index is 0.178. The molecule has 1 aromatic rings. The molecule has 0 spiro atoms. The number of aromatic nitrogens is 1. The Morgan fingerprint density at radius 3 is 2.53 bits per heavy atom. The summed E-state index contributed by atoms with van der Waals surface area (Å²) in [5.41, 5.74) is 5.93. The molecule has 0 atom stereocenters. The largest absolute Gasteiger partial charge is 0.363 e. The number of nitrogens with zero attached hydrogens (tertiary/aromatic N) is 2. The minimum Gasteiger partial charge on any atom is -0.363 e. The lowest BCUT2D eigenvalue weighted by Gasteiger charge is -2.47. The first-order chi connectivity index (χ1) is 7.90. The lowest BCUT2D eigenvalue weighted by atomic mass is 9.62. The van der Waals surface area contributed by atoms with Crippen LogP contribution in [0.1, 0.15) is 18.4 Å². The number of anilines is 1. The van der Waals surface area contributed by atoms with Crippen LogP contribution in [0.3, 0.4) is 0 Å². The Morgan fingerprint density at radius 2 is 2.06 bits per heavy atom. The van der Waals surface area contributed by atoms with Crippen molar-refractivity contribution >= 4 is 5.82 Å². The molecule has 94 valence electrons. The van der Waals surface area contributed by atoms with Crippen LogP contribution in [0.15, 0.2) is 18.3 Å². The van der Waals surface area contributed by atoms with Gasteiger partial charge in [-0.1, -0.05) is 6.07 Å². The Balaban J connectivity index is 2.39. The van der Waals surface area contributed by atoms with Crippen LogP contribution in [0, 0.1) is 0 Å². The Labute approximate surface area is 99.6 Å². The van der Waals surface area contributed by atoms with Crippen LogP contribution >= 0.6 is 0 Å². The van der Waals surface area contributed by atoms with Gasteiger partial charge in [0.15, 0.2) is 0 Å². The molecule has 0 bridgehead atoms. The van der Waals surface area contributed by atoms with Gasteiger partial charge in [0, 0.05) is 50.7 Å². The molecule has 1 aliphatic rings. The summed E-state index contributed by atoms with van der Waals surface area (Å²) < 4.78 is 26.3. The third-order valence-corrected chi connectivity index (χ3v) is 3.37. The number of hydrogen-bond donors (Lipinski definition) is 1. The van der Waals surface area contributed by atoms with Crippen LogP contribution in [0.25, 0.3) is 0 Å². The maximum Gasteiger partial charge on any atom is 0.250 e. The van der Waals surface area contributed by atoms with Crippen molar-refractivity contribution in [1.29, 1.82) is 0 Å². The van der Waals surface area contributed by atoms with Crippen molar-refractivity contribution in [3.63, 3.8) is 0 Å². The molecule has 2 N–H and O–H groups in total. The van der Waals surface area contributed by atoms with Gasteiger partial charge < -0.3 is 10.6 Å². The fourth-order valence-corrected chi connectivity index (χ4v) is 2.55. The van der Waals surface area contributed by atoms with E-state index >= 15 is 0 Å². The van der Waals surface area contributed by atoms with E-state index in [0.717, 1.165) is 11.4 Å². The maximum atomic E-state index is 13.1. The van der Waals surface area contributed by atoms with Crippen LogP contribution in [-0.4, -0.2) is 31.5 Å². The average Bonchev–Trinajstić information content (AvgIpc) is 2.25. The van der Waals surface area contributed by atoms with Crippen molar-refractivity contribution in [3.8, 4) is 0 Å². The first kappa shape index (κ1) is 12.2. The third kappa shape index (κ3) is 1.99. The highest BCUT2D eigenvalue weighted by atomic mass is 19.3. The zero-order valence-corrected chi connectivity index (χ0v) is 10.1. The molecule has 1 aliphatic carbocycles. The molecule has 2 rings (SSSR count). The monoisotopic (exact) mass is 241 g/mol. The number of hydrogen-bond acceptors (Lipinski definition) is 3. The topological polar surface area (TPSA) is 42.2 Å². The van der Waals surface area contributed by atoms with Gasteiger partial charge in [0.25, 0.3) is 0 Å². The van der Waals surface area contributed by atoms with Crippen molar-refractivity contribution in [2.24, 2.45) is 5.73 Å². The SMILES string of the molecule is CN(C)c1ncccc1C1(CN)CC(F)(F)C1. The van der Waals surface area contributed by atoms with Gasteiger partial charge in [-0.2, -0.15) is 0 Å². The number of halogens is 2.